The van der Waals surface area contributed by atoms with Gasteiger partial charge in [-0.1, -0.05) is 6.07 Å². The van der Waals surface area contributed by atoms with Gasteiger partial charge in [0.05, 0.1) is 0 Å². The van der Waals surface area contributed by atoms with Crippen molar-refractivity contribution >= 4 is 11.7 Å². The molecular weight excluding hydrogens is 361 g/mol. The number of amides is 1. The molecule has 2 aromatic rings. The minimum Gasteiger partial charge on any atom is -0.406 e. The molecular formula is C19H19F3N2O3. The Labute approximate surface area is 154 Å². The van der Waals surface area contributed by atoms with Gasteiger partial charge in [0.2, 0.25) is 0 Å². The highest BCUT2D eigenvalue weighted by Crippen LogP contribution is 2.25. The van der Waals surface area contributed by atoms with Gasteiger partial charge < -0.3 is 10.1 Å². The Kier molecular flexibility index (Phi) is 6.20. The van der Waals surface area contributed by atoms with E-state index in [1.165, 1.54) is 25.1 Å². The monoisotopic (exact) mass is 380 g/mol. The average molecular weight is 380 g/mol. The normalized spacial score (nSPS) is 11.2. The number of carbonyl (C=O) groups excluding carboxylic acids is 2. The van der Waals surface area contributed by atoms with Crippen molar-refractivity contribution in [2.24, 2.45) is 0 Å². The van der Waals surface area contributed by atoms with E-state index in [4.69, 9.17) is 0 Å². The van der Waals surface area contributed by atoms with Crippen LogP contribution in [0.15, 0.2) is 30.3 Å². The third-order valence-corrected chi connectivity index (χ3v) is 3.50. The smallest absolute Gasteiger partial charge is 0.406 e. The SMILES string of the molecule is CC(=O)Cc1cc(C(=O)NCc2cc(C)cc(OC(F)(F)F)c2)cc(C)n1. The van der Waals surface area contributed by atoms with Crippen molar-refractivity contribution in [3.63, 3.8) is 0 Å². The van der Waals surface area contributed by atoms with Crippen molar-refractivity contribution in [1.29, 1.82) is 0 Å². The number of aryl methyl sites for hydroxylation is 2. The summed E-state index contributed by atoms with van der Waals surface area (Å²) < 4.78 is 41.1. The van der Waals surface area contributed by atoms with Crippen LogP contribution in [-0.4, -0.2) is 23.0 Å². The van der Waals surface area contributed by atoms with E-state index in [0.29, 0.717) is 28.1 Å². The van der Waals surface area contributed by atoms with Gasteiger partial charge in [0.25, 0.3) is 5.91 Å². The number of aromatic nitrogens is 1. The lowest BCUT2D eigenvalue weighted by atomic mass is 10.1. The van der Waals surface area contributed by atoms with Crippen LogP contribution in [0, 0.1) is 13.8 Å². The Bertz CT molecular complexity index is 864. The number of Topliss-reactive ketones (excluding diaryl/α,β-unsaturated/α-hetero) is 1. The maximum absolute atomic E-state index is 12.4. The largest absolute Gasteiger partial charge is 0.573 e. The summed E-state index contributed by atoms with van der Waals surface area (Å²) in [6, 6.07) is 7.24. The van der Waals surface area contributed by atoms with Crippen molar-refractivity contribution in [1.82, 2.24) is 10.3 Å². The highest BCUT2D eigenvalue weighted by molar-refractivity contribution is 5.94. The van der Waals surface area contributed by atoms with Gasteiger partial charge >= 0.3 is 6.36 Å². The third-order valence-electron chi connectivity index (χ3n) is 3.50. The van der Waals surface area contributed by atoms with E-state index >= 15 is 0 Å². The molecule has 1 N–H and O–H groups in total. The van der Waals surface area contributed by atoms with E-state index in [9.17, 15) is 22.8 Å². The molecule has 8 heteroatoms. The third kappa shape index (κ3) is 6.73. The quantitative estimate of drug-likeness (QED) is 0.831. The number of benzene rings is 1. The summed E-state index contributed by atoms with van der Waals surface area (Å²) >= 11 is 0. The number of hydrogen-bond acceptors (Lipinski definition) is 4. The fraction of sp³-hybridized carbons (Fsp3) is 0.316. The molecule has 0 unspecified atom stereocenters. The van der Waals surface area contributed by atoms with Gasteiger partial charge in [0.15, 0.2) is 0 Å². The first kappa shape index (κ1) is 20.4. The lowest BCUT2D eigenvalue weighted by Gasteiger charge is -2.12. The van der Waals surface area contributed by atoms with Crippen LogP contribution in [0.25, 0.3) is 0 Å². The minimum absolute atomic E-state index is 0.0259. The standard InChI is InChI=1S/C19H19F3N2O3/c1-11-4-14(8-17(5-11)27-19(20,21)22)10-23-18(26)15-6-12(2)24-16(9-15)7-13(3)25/h4-6,8-9H,7,10H2,1-3H3,(H,23,26). The fourth-order valence-electron chi connectivity index (χ4n) is 2.62. The summed E-state index contributed by atoms with van der Waals surface area (Å²) in [6.07, 6.45) is -4.66. The van der Waals surface area contributed by atoms with Crippen LogP contribution in [0.5, 0.6) is 5.75 Å². The zero-order valence-electron chi connectivity index (χ0n) is 15.1. The fourth-order valence-corrected chi connectivity index (χ4v) is 2.62. The van der Waals surface area contributed by atoms with Crippen molar-refractivity contribution in [3.05, 3.63) is 58.4 Å². The molecule has 1 heterocycles. The lowest BCUT2D eigenvalue weighted by molar-refractivity contribution is -0.274. The predicted molar refractivity (Wildman–Crippen MR) is 92.4 cm³/mol. The molecule has 144 valence electrons. The van der Waals surface area contributed by atoms with Crippen LogP contribution in [0.4, 0.5) is 13.2 Å². The van der Waals surface area contributed by atoms with Crippen molar-refractivity contribution in [2.75, 3.05) is 0 Å². The highest BCUT2D eigenvalue weighted by atomic mass is 19.4. The van der Waals surface area contributed by atoms with E-state index in [-0.39, 0.29) is 24.5 Å². The molecule has 5 nitrogen and oxygen atoms in total. The van der Waals surface area contributed by atoms with Crippen molar-refractivity contribution < 1.29 is 27.5 Å². The summed E-state index contributed by atoms with van der Waals surface area (Å²) in [6.45, 7) is 4.80. The maximum atomic E-state index is 12.4. The number of carbonyl (C=O) groups is 2. The molecule has 0 saturated carbocycles. The number of hydrogen-bond donors (Lipinski definition) is 1. The number of halogens is 3. The molecule has 0 bridgehead atoms. The van der Waals surface area contributed by atoms with Crippen molar-refractivity contribution in [2.45, 2.75) is 40.1 Å². The molecule has 0 spiro atoms. The molecule has 2 rings (SSSR count). The number of pyridine rings is 1. The van der Waals surface area contributed by atoms with Crippen LogP contribution in [0.2, 0.25) is 0 Å². The van der Waals surface area contributed by atoms with E-state index in [1.54, 1.807) is 26.0 Å². The Morgan fingerprint density at radius 1 is 1.11 bits per heavy atom. The first-order chi connectivity index (χ1) is 12.5. The Hall–Kier alpha value is -2.90. The van der Waals surface area contributed by atoms with Crippen molar-refractivity contribution in [3.8, 4) is 5.75 Å². The van der Waals surface area contributed by atoms with E-state index in [0.717, 1.165) is 0 Å². The molecule has 1 amide bonds. The Morgan fingerprint density at radius 3 is 2.44 bits per heavy atom. The van der Waals surface area contributed by atoms with Gasteiger partial charge in [-0.2, -0.15) is 0 Å². The van der Waals surface area contributed by atoms with Gasteiger partial charge in [-0.05, 0) is 56.2 Å². The molecule has 0 radical (unpaired) electrons. The first-order valence-corrected chi connectivity index (χ1v) is 8.13. The lowest BCUT2D eigenvalue weighted by Crippen LogP contribution is -2.23. The number of nitrogens with one attached hydrogen (secondary N) is 1. The summed E-state index contributed by atoms with van der Waals surface area (Å²) in [4.78, 5) is 27.8. The molecule has 0 atom stereocenters. The molecule has 0 fully saturated rings. The first-order valence-electron chi connectivity index (χ1n) is 8.13. The number of nitrogens with zero attached hydrogens (tertiary/aromatic N) is 1. The second kappa shape index (κ2) is 8.20. The number of rotatable bonds is 6. The van der Waals surface area contributed by atoms with Crippen LogP contribution < -0.4 is 10.1 Å². The molecule has 27 heavy (non-hydrogen) atoms. The molecule has 1 aromatic carbocycles. The van der Waals surface area contributed by atoms with E-state index in [2.05, 4.69) is 15.0 Å². The topological polar surface area (TPSA) is 68.3 Å². The molecule has 0 aliphatic heterocycles. The Morgan fingerprint density at radius 2 is 1.81 bits per heavy atom. The van der Waals surface area contributed by atoms with Gasteiger partial charge in [0, 0.05) is 29.9 Å². The molecule has 1 aromatic heterocycles. The molecule has 0 saturated heterocycles. The van der Waals surface area contributed by atoms with Crippen LogP contribution in [-0.2, 0) is 17.8 Å². The second-order valence-electron chi connectivity index (χ2n) is 6.25. The number of ketones is 1. The summed E-state index contributed by atoms with van der Waals surface area (Å²) in [7, 11) is 0. The average Bonchev–Trinajstić information content (AvgIpc) is 2.49. The predicted octanol–water partition coefficient (Wildman–Crippen LogP) is 3.66. The summed E-state index contributed by atoms with van der Waals surface area (Å²) in [5, 5.41) is 2.65. The molecule has 0 aliphatic rings. The maximum Gasteiger partial charge on any atom is 0.573 e. The van der Waals surface area contributed by atoms with Gasteiger partial charge in [-0.15, -0.1) is 13.2 Å². The van der Waals surface area contributed by atoms with Crippen LogP contribution in [0.3, 0.4) is 0 Å². The van der Waals surface area contributed by atoms with Gasteiger partial charge in [-0.3, -0.25) is 14.6 Å². The highest BCUT2D eigenvalue weighted by Gasteiger charge is 2.31. The van der Waals surface area contributed by atoms with Gasteiger partial charge in [0.1, 0.15) is 11.5 Å². The minimum atomic E-state index is -4.78. The number of alkyl halides is 3. The summed E-state index contributed by atoms with van der Waals surface area (Å²) in [5.41, 5.74) is 2.46. The second-order valence-corrected chi connectivity index (χ2v) is 6.25. The Balaban J connectivity index is 2.11. The van der Waals surface area contributed by atoms with E-state index in [1.807, 2.05) is 0 Å². The number of ether oxygens (including phenoxy) is 1. The van der Waals surface area contributed by atoms with Crippen LogP contribution >= 0.6 is 0 Å². The zero-order chi connectivity index (χ0) is 20.2. The summed E-state index contributed by atoms with van der Waals surface area (Å²) in [5.74, 6) is -0.822. The van der Waals surface area contributed by atoms with Crippen LogP contribution in [0.1, 0.15) is 39.8 Å². The molecule has 0 aliphatic carbocycles. The van der Waals surface area contributed by atoms with Gasteiger partial charge in [-0.25, -0.2) is 0 Å². The van der Waals surface area contributed by atoms with E-state index < -0.39 is 12.3 Å². The zero-order valence-corrected chi connectivity index (χ0v) is 15.1.